The number of hydrogen-bond donors (Lipinski definition) is 1. The lowest BCUT2D eigenvalue weighted by atomic mass is 10.2. The van der Waals surface area contributed by atoms with Crippen molar-refractivity contribution in [2.45, 2.75) is 26.8 Å². The molecule has 2 rings (SSSR count). The van der Waals surface area contributed by atoms with E-state index < -0.39 is 0 Å². The van der Waals surface area contributed by atoms with Crippen LogP contribution in [0.2, 0.25) is 0 Å². The van der Waals surface area contributed by atoms with Gasteiger partial charge in [0.2, 0.25) is 5.95 Å². The molecule has 0 aromatic carbocycles. The maximum atomic E-state index is 5.35. The largest absolute Gasteiger partial charge is 0.378 e. The van der Waals surface area contributed by atoms with Crippen LogP contribution in [-0.4, -0.2) is 42.8 Å². The third-order valence-electron chi connectivity index (χ3n) is 3.08. The minimum atomic E-state index is 0.765. The average Bonchev–Trinajstić information content (AvgIpc) is 2.42. The Bertz CT molecular complexity index is 377. The number of nitrogens with zero attached hydrogens (tertiary/aromatic N) is 3. The quantitative estimate of drug-likeness (QED) is 0.794. The monoisotopic (exact) mass is 250 g/mol. The Balaban J connectivity index is 2.04. The minimum absolute atomic E-state index is 0.765. The van der Waals surface area contributed by atoms with Gasteiger partial charge in [-0.25, -0.2) is 9.97 Å². The van der Waals surface area contributed by atoms with E-state index >= 15 is 0 Å². The van der Waals surface area contributed by atoms with Gasteiger partial charge in [-0.05, 0) is 25.5 Å². The van der Waals surface area contributed by atoms with E-state index in [0.717, 1.165) is 63.0 Å². The van der Waals surface area contributed by atoms with E-state index in [-0.39, 0.29) is 0 Å². The van der Waals surface area contributed by atoms with Crippen LogP contribution in [0, 0.1) is 6.92 Å². The fourth-order valence-corrected chi connectivity index (χ4v) is 1.95. The molecular formula is C13H22N4O. The Hall–Kier alpha value is -1.20. The van der Waals surface area contributed by atoms with Crippen molar-refractivity contribution in [2.75, 3.05) is 37.7 Å². The highest BCUT2D eigenvalue weighted by molar-refractivity contribution is 5.33. The van der Waals surface area contributed by atoms with Crippen molar-refractivity contribution in [3.05, 3.63) is 17.5 Å². The molecule has 0 bridgehead atoms. The van der Waals surface area contributed by atoms with Gasteiger partial charge in [-0.1, -0.05) is 6.92 Å². The van der Waals surface area contributed by atoms with Gasteiger partial charge >= 0.3 is 0 Å². The number of rotatable bonds is 5. The van der Waals surface area contributed by atoms with Crippen LogP contribution in [0.1, 0.15) is 24.6 Å². The molecule has 1 saturated heterocycles. The van der Waals surface area contributed by atoms with Crippen LogP contribution in [0.5, 0.6) is 0 Å². The number of aryl methyl sites for hydroxylation is 1. The van der Waals surface area contributed by atoms with Crippen LogP contribution in [0.15, 0.2) is 6.20 Å². The summed E-state index contributed by atoms with van der Waals surface area (Å²) in [6, 6.07) is 0. The van der Waals surface area contributed by atoms with Crippen LogP contribution < -0.4 is 10.2 Å². The van der Waals surface area contributed by atoms with E-state index in [1.165, 1.54) is 0 Å². The Morgan fingerprint density at radius 1 is 1.39 bits per heavy atom. The van der Waals surface area contributed by atoms with Gasteiger partial charge in [0.1, 0.15) is 0 Å². The van der Waals surface area contributed by atoms with Crippen LogP contribution >= 0.6 is 0 Å². The maximum Gasteiger partial charge on any atom is 0.225 e. The van der Waals surface area contributed by atoms with Crippen molar-refractivity contribution in [1.29, 1.82) is 0 Å². The van der Waals surface area contributed by atoms with Crippen molar-refractivity contribution >= 4 is 5.95 Å². The Labute approximate surface area is 109 Å². The normalized spacial score (nSPS) is 16.0. The lowest BCUT2D eigenvalue weighted by Gasteiger charge is -2.27. The maximum absolute atomic E-state index is 5.35. The second-order valence-corrected chi connectivity index (χ2v) is 4.58. The van der Waals surface area contributed by atoms with Gasteiger partial charge in [0.25, 0.3) is 0 Å². The zero-order chi connectivity index (χ0) is 12.8. The summed E-state index contributed by atoms with van der Waals surface area (Å²) in [6.45, 7) is 9.36. The molecule has 5 heteroatoms. The molecule has 1 aromatic heterocycles. The van der Waals surface area contributed by atoms with Crippen LogP contribution in [0.4, 0.5) is 5.95 Å². The summed E-state index contributed by atoms with van der Waals surface area (Å²) in [4.78, 5) is 11.3. The molecule has 0 unspecified atom stereocenters. The van der Waals surface area contributed by atoms with Gasteiger partial charge in [-0.3, -0.25) is 0 Å². The van der Waals surface area contributed by atoms with E-state index in [1.807, 2.05) is 6.20 Å². The SMILES string of the molecule is CCCNCc1nc(N2CCOCC2)ncc1C. The Kier molecular flexibility index (Phi) is 4.90. The van der Waals surface area contributed by atoms with Gasteiger partial charge in [-0.2, -0.15) is 0 Å². The van der Waals surface area contributed by atoms with Gasteiger partial charge in [0.05, 0.1) is 18.9 Å². The molecule has 18 heavy (non-hydrogen) atoms. The van der Waals surface area contributed by atoms with Crippen molar-refractivity contribution in [2.24, 2.45) is 0 Å². The molecule has 0 radical (unpaired) electrons. The molecule has 0 saturated carbocycles. The summed E-state index contributed by atoms with van der Waals surface area (Å²) >= 11 is 0. The average molecular weight is 250 g/mol. The van der Waals surface area contributed by atoms with Crippen molar-refractivity contribution in [1.82, 2.24) is 15.3 Å². The summed E-state index contributed by atoms with van der Waals surface area (Å²) < 4.78 is 5.35. The van der Waals surface area contributed by atoms with E-state index in [2.05, 4.69) is 34.0 Å². The summed E-state index contributed by atoms with van der Waals surface area (Å²) in [5, 5.41) is 3.39. The second-order valence-electron chi connectivity index (χ2n) is 4.58. The molecule has 1 aliphatic rings. The number of morpholine rings is 1. The molecule has 1 N–H and O–H groups in total. The van der Waals surface area contributed by atoms with Gasteiger partial charge in [-0.15, -0.1) is 0 Å². The third kappa shape index (κ3) is 3.40. The number of nitrogens with one attached hydrogen (secondary N) is 1. The first-order chi connectivity index (χ1) is 8.81. The van der Waals surface area contributed by atoms with Crippen LogP contribution in [0.25, 0.3) is 0 Å². The zero-order valence-electron chi connectivity index (χ0n) is 11.3. The fraction of sp³-hybridized carbons (Fsp3) is 0.692. The predicted octanol–water partition coefficient (Wildman–Crippen LogP) is 1.12. The third-order valence-corrected chi connectivity index (χ3v) is 3.08. The Morgan fingerprint density at radius 2 is 2.17 bits per heavy atom. The first-order valence-corrected chi connectivity index (χ1v) is 6.67. The zero-order valence-corrected chi connectivity index (χ0v) is 11.3. The summed E-state index contributed by atoms with van der Waals surface area (Å²) in [6.07, 6.45) is 3.06. The molecule has 100 valence electrons. The first kappa shape index (κ1) is 13.2. The van der Waals surface area contributed by atoms with Crippen LogP contribution in [-0.2, 0) is 11.3 Å². The number of aromatic nitrogens is 2. The van der Waals surface area contributed by atoms with E-state index in [1.54, 1.807) is 0 Å². The van der Waals surface area contributed by atoms with E-state index in [9.17, 15) is 0 Å². The highest BCUT2D eigenvalue weighted by atomic mass is 16.5. The number of hydrogen-bond acceptors (Lipinski definition) is 5. The predicted molar refractivity (Wildman–Crippen MR) is 71.8 cm³/mol. The first-order valence-electron chi connectivity index (χ1n) is 6.67. The van der Waals surface area contributed by atoms with E-state index in [0.29, 0.717) is 0 Å². The minimum Gasteiger partial charge on any atom is -0.378 e. The summed E-state index contributed by atoms with van der Waals surface area (Å²) in [5.41, 5.74) is 2.25. The molecule has 0 atom stereocenters. The molecule has 1 aliphatic heterocycles. The van der Waals surface area contributed by atoms with Gasteiger partial charge in [0, 0.05) is 25.8 Å². The fourth-order valence-electron chi connectivity index (χ4n) is 1.95. The topological polar surface area (TPSA) is 50.3 Å². The standard InChI is InChI=1S/C13H22N4O/c1-3-4-14-10-12-11(2)9-15-13(16-12)17-5-7-18-8-6-17/h9,14H,3-8,10H2,1-2H3. The number of anilines is 1. The molecule has 0 spiro atoms. The van der Waals surface area contributed by atoms with Crippen LogP contribution in [0.3, 0.4) is 0 Å². The molecule has 0 amide bonds. The van der Waals surface area contributed by atoms with Crippen molar-refractivity contribution < 1.29 is 4.74 Å². The van der Waals surface area contributed by atoms with E-state index in [4.69, 9.17) is 4.74 Å². The second kappa shape index (κ2) is 6.66. The van der Waals surface area contributed by atoms with Gasteiger partial charge in [0.15, 0.2) is 0 Å². The molecule has 0 aliphatic carbocycles. The van der Waals surface area contributed by atoms with Crippen molar-refractivity contribution in [3.8, 4) is 0 Å². The lowest BCUT2D eigenvalue weighted by molar-refractivity contribution is 0.122. The Morgan fingerprint density at radius 3 is 2.89 bits per heavy atom. The lowest BCUT2D eigenvalue weighted by Crippen LogP contribution is -2.37. The summed E-state index contributed by atoms with van der Waals surface area (Å²) in [7, 11) is 0. The smallest absolute Gasteiger partial charge is 0.225 e. The van der Waals surface area contributed by atoms with Gasteiger partial charge < -0.3 is 15.0 Å². The molecule has 5 nitrogen and oxygen atoms in total. The highest BCUT2D eigenvalue weighted by Crippen LogP contribution is 2.12. The molecule has 1 fully saturated rings. The highest BCUT2D eigenvalue weighted by Gasteiger charge is 2.14. The number of ether oxygens (including phenoxy) is 1. The summed E-state index contributed by atoms with van der Waals surface area (Å²) in [5.74, 6) is 0.831. The molecule has 2 heterocycles. The molecule has 1 aromatic rings. The van der Waals surface area contributed by atoms with Crippen molar-refractivity contribution in [3.63, 3.8) is 0 Å². The molecular weight excluding hydrogens is 228 g/mol.